The van der Waals surface area contributed by atoms with Crippen LogP contribution >= 0.6 is 0 Å². The lowest BCUT2D eigenvalue weighted by atomic mass is 9.51. The Bertz CT molecular complexity index is 705. The second kappa shape index (κ2) is 6.32. The van der Waals surface area contributed by atoms with Gasteiger partial charge in [0.15, 0.2) is 24.8 Å². The first-order chi connectivity index (χ1) is 13.7. The minimum Gasteiger partial charge on any atom is -0.455 e. The second-order valence-electron chi connectivity index (χ2n) is 9.03. The highest BCUT2D eigenvalue weighted by atomic mass is 19.3. The fraction of sp³-hybridized carbons (Fsp3) is 0.895. The summed E-state index contributed by atoms with van der Waals surface area (Å²) < 4.78 is 60.2. The van der Waals surface area contributed by atoms with Crippen LogP contribution in [0.3, 0.4) is 0 Å². The zero-order chi connectivity index (χ0) is 20.6. The summed E-state index contributed by atoms with van der Waals surface area (Å²) in [4.78, 5) is 24.1. The standard InChI is InChI=1S/C19H24F2O8/c1-17(20,21)16(23)29-18-5-9-3-10(6-18)19(11(4-9)7-18)27-12-13(28-19)15(25-8-24-2)26-14(12)22/h9-13,15H,3-8H2,1-2H3. The van der Waals surface area contributed by atoms with Crippen LogP contribution in [0.5, 0.6) is 0 Å². The quantitative estimate of drug-likeness (QED) is 0.493. The Morgan fingerprint density at radius 1 is 1.21 bits per heavy atom. The third-order valence-corrected chi connectivity index (χ3v) is 6.95. The first kappa shape index (κ1) is 19.6. The summed E-state index contributed by atoms with van der Waals surface area (Å²) in [6.07, 6.45) is 0.343. The fourth-order valence-electron chi connectivity index (χ4n) is 6.11. The molecule has 0 amide bonds. The van der Waals surface area contributed by atoms with Gasteiger partial charge in [0.2, 0.25) is 6.29 Å². The maximum absolute atomic E-state index is 13.4. The molecule has 6 aliphatic rings. The average Bonchev–Trinajstić information content (AvgIpc) is 3.15. The highest BCUT2D eigenvalue weighted by Gasteiger charge is 2.72. The number of rotatable bonds is 5. The summed E-state index contributed by atoms with van der Waals surface area (Å²) in [6, 6.07) is 0. The molecule has 8 nitrogen and oxygen atoms in total. The lowest BCUT2D eigenvalue weighted by molar-refractivity contribution is -0.337. The maximum atomic E-state index is 13.4. The molecule has 2 heterocycles. The molecular weight excluding hydrogens is 394 g/mol. The molecule has 4 bridgehead atoms. The molecule has 0 aromatic carbocycles. The van der Waals surface area contributed by atoms with Crippen LogP contribution in [-0.4, -0.2) is 61.7 Å². The third-order valence-electron chi connectivity index (χ3n) is 6.95. The van der Waals surface area contributed by atoms with Crippen molar-refractivity contribution in [1.82, 2.24) is 0 Å². The molecule has 1 spiro atoms. The lowest BCUT2D eigenvalue weighted by Gasteiger charge is -2.62. The first-order valence-corrected chi connectivity index (χ1v) is 9.94. The van der Waals surface area contributed by atoms with Gasteiger partial charge in [0.25, 0.3) is 0 Å². The first-order valence-electron chi connectivity index (χ1n) is 9.94. The van der Waals surface area contributed by atoms with Crippen LogP contribution in [0.15, 0.2) is 0 Å². The lowest BCUT2D eigenvalue weighted by Crippen LogP contribution is -2.66. The Balaban J connectivity index is 1.37. The van der Waals surface area contributed by atoms with E-state index in [1.165, 1.54) is 7.11 Å². The zero-order valence-electron chi connectivity index (χ0n) is 16.2. The van der Waals surface area contributed by atoms with Gasteiger partial charge in [-0.3, -0.25) is 0 Å². The van der Waals surface area contributed by atoms with E-state index >= 15 is 0 Å². The number of esters is 2. The van der Waals surface area contributed by atoms with Gasteiger partial charge < -0.3 is 28.4 Å². The van der Waals surface area contributed by atoms with E-state index in [0.717, 1.165) is 12.8 Å². The predicted molar refractivity (Wildman–Crippen MR) is 88.3 cm³/mol. The molecule has 10 heteroatoms. The van der Waals surface area contributed by atoms with E-state index in [-0.39, 0.29) is 24.5 Å². The fourth-order valence-corrected chi connectivity index (χ4v) is 6.11. The molecule has 162 valence electrons. The van der Waals surface area contributed by atoms with Crippen LogP contribution in [0.25, 0.3) is 0 Å². The normalized spacial score (nSPS) is 47.5. The molecule has 0 aromatic heterocycles. The average molecular weight is 418 g/mol. The van der Waals surface area contributed by atoms with E-state index in [9.17, 15) is 18.4 Å². The number of cyclic esters (lactones) is 1. The molecule has 0 N–H and O–H groups in total. The molecule has 6 fully saturated rings. The van der Waals surface area contributed by atoms with E-state index in [2.05, 4.69) is 0 Å². The van der Waals surface area contributed by atoms with Gasteiger partial charge in [-0.1, -0.05) is 0 Å². The molecule has 4 aliphatic carbocycles. The van der Waals surface area contributed by atoms with E-state index in [0.29, 0.717) is 26.2 Å². The van der Waals surface area contributed by atoms with E-state index < -0.39 is 47.7 Å². The number of carbonyl (C=O) groups is 2. The van der Waals surface area contributed by atoms with Gasteiger partial charge in [-0.25, -0.2) is 9.59 Å². The topological polar surface area (TPSA) is 89.5 Å². The number of methoxy groups -OCH3 is 1. The van der Waals surface area contributed by atoms with Gasteiger partial charge in [-0.05, 0) is 38.0 Å². The Labute approximate surface area is 166 Å². The molecule has 29 heavy (non-hydrogen) atoms. The molecule has 2 aliphatic heterocycles. The third kappa shape index (κ3) is 2.90. The molecule has 0 radical (unpaired) electrons. The number of ether oxygens (including phenoxy) is 6. The Morgan fingerprint density at radius 3 is 2.52 bits per heavy atom. The number of carbonyl (C=O) groups excluding carboxylic acids is 2. The van der Waals surface area contributed by atoms with Crippen molar-refractivity contribution < 1.29 is 46.8 Å². The molecule has 0 aromatic rings. The van der Waals surface area contributed by atoms with Gasteiger partial charge in [0, 0.05) is 25.9 Å². The Kier molecular flexibility index (Phi) is 4.27. The predicted octanol–water partition coefficient (Wildman–Crippen LogP) is 1.75. The summed E-state index contributed by atoms with van der Waals surface area (Å²) in [5.41, 5.74) is -0.921. The summed E-state index contributed by atoms with van der Waals surface area (Å²) in [6.45, 7) is 0.490. The highest BCUT2D eigenvalue weighted by molar-refractivity contribution is 5.78. The molecule has 4 saturated carbocycles. The summed E-state index contributed by atoms with van der Waals surface area (Å²) in [7, 11) is 1.46. The highest BCUT2D eigenvalue weighted by Crippen LogP contribution is 2.65. The minimum absolute atomic E-state index is 0.0588. The van der Waals surface area contributed by atoms with Gasteiger partial charge >= 0.3 is 17.9 Å². The smallest absolute Gasteiger partial charge is 0.377 e. The van der Waals surface area contributed by atoms with Crippen molar-refractivity contribution in [2.75, 3.05) is 13.9 Å². The van der Waals surface area contributed by atoms with Gasteiger partial charge in [-0.15, -0.1) is 0 Å². The Hall–Kier alpha value is -1.36. The molecular formula is C19H24F2O8. The monoisotopic (exact) mass is 418 g/mol. The molecule has 5 atom stereocenters. The number of hydrogen-bond acceptors (Lipinski definition) is 8. The summed E-state index contributed by atoms with van der Waals surface area (Å²) in [5, 5.41) is 0. The van der Waals surface area contributed by atoms with E-state index in [1.54, 1.807) is 0 Å². The number of hydrogen-bond donors (Lipinski definition) is 0. The SMILES string of the molecule is COCOC1OC(=O)C2OC3(OC12)C1CC2CC3CC(OC(=O)C(C)(F)F)(C2)C1. The second-order valence-corrected chi connectivity index (χ2v) is 9.03. The van der Waals surface area contributed by atoms with Gasteiger partial charge in [0.1, 0.15) is 5.60 Å². The molecule has 6 rings (SSSR count). The number of alkyl halides is 2. The maximum Gasteiger partial charge on any atom is 0.377 e. The minimum atomic E-state index is -3.53. The van der Waals surface area contributed by atoms with Crippen LogP contribution in [0.2, 0.25) is 0 Å². The molecule has 2 saturated heterocycles. The number of halogens is 2. The van der Waals surface area contributed by atoms with Crippen molar-refractivity contribution >= 4 is 11.9 Å². The van der Waals surface area contributed by atoms with Crippen LogP contribution in [-0.2, 0) is 38.0 Å². The van der Waals surface area contributed by atoms with Crippen LogP contribution < -0.4 is 0 Å². The van der Waals surface area contributed by atoms with Crippen molar-refractivity contribution in [2.45, 2.75) is 74.8 Å². The molecule has 5 unspecified atom stereocenters. The Morgan fingerprint density at radius 2 is 1.90 bits per heavy atom. The van der Waals surface area contributed by atoms with Crippen molar-refractivity contribution in [1.29, 1.82) is 0 Å². The van der Waals surface area contributed by atoms with Crippen LogP contribution in [0, 0.1) is 17.8 Å². The van der Waals surface area contributed by atoms with E-state index in [4.69, 9.17) is 28.4 Å². The summed E-state index contributed by atoms with van der Waals surface area (Å²) >= 11 is 0. The largest absolute Gasteiger partial charge is 0.455 e. The zero-order valence-corrected chi connectivity index (χ0v) is 16.2. The van der Waals surface area contributed by atoms with Crippen LogP contribution in [0.4, 0.5) is 8.78 Å². The van der Waals surface area contributed by atoms with Crippen molar-refractivity contribution in [2.24, 2.45) is 17.8 Å². The van der Waals surface area contributed by atoms with Crippen molar-refractivity contribution in [3.8, 4) is 0 Å². The number of fused-ring (bicyclic) bond motifs is 1. The van der Waals surface area contributed by atoms with Crippen LogP contribution in [0.1, 0.15) is 39.0 Å². The van der Waals surface area contributed by atoms with Gasteiger partial charge in [-0.2, -0.15) is 8.78 Å². The van der Waals surface area contributed by atoms with Crippen molar-refractivity contribution in [3.05, 3.63) is 0 Å². The van der Waals surface area contributed by atoms with E-state index in [1.807, 2.05) is 0 Å². The summed E-state index contributed by atoms with van der Waals surface area (Å²) in [5.74, 6) is -6.65. The van der Waals surface area contributed by atoms with Crippen molar-refractivity contribution in [3.63, 3.8) is 0 Å². The van der Waals surface area contributed by atoms with Gasteiger partial charge in [0.05, 0.1) is 0 Å².